The highest BCUT2D eigenvalue weighted by molar-refractivity contribution is 7.92. The molecule has 1 aliphatic heterocycles. The second-order valence-corrected chi connectivity index (χ2v) is 8.45. The van der Waals surface area contributed by atoms with E-state index in [0.717, 1.165) is 11.1 Å². The van der Waals surface area contributed by atoms with E-state index < -0.39 is 10.0 Å². The maximum atomic E-state index is 12.9. The summed E-state index contributed by atoms with van der Waals surface area (Å²) in [7, 11) is -3.34. The smallest absolute Gasteiger partial charge is 0.251 e. The Kier molecular flexibility index (Phi) is 5.00. The Morgan fingerprint density at radius 3 is 2.58 bits per heavy atom. The number of carbonyl (C=O) groups is 1. The second kappa shape index (κ2) is 7.07. The van der Waals surface area contributed by atoms with Gasteiger partial charge in [0, 0.05) is 18.2 Å². The molecule has 1 N–H and O–H groups in total. The van der Waals surface area contributed by atoms with E-state index in [2.05, 4.69) is 5.32 Å². The predicted octanol–water partition coefficient (Wildman–Crippen LogP) is 2.51. The molecule has 138 valence electrons. The fourth-order valence-corrected chi connectivity index (χ4v) is 4.59. The average molecular weight is 376 g/mol. The Morgan fingerprint density at radius 1 is 1.23 bits per heavy atom. The van der Waals surface area contributed by atoms with E-state index in [1.165, 1.54) is 22.7 Å². The normalized spacial score (nSPS) is 16.4. The van der Waals surface area contributed by atoms with E-state index in [4.69, 9.17) is 0 Å². The third kappa shape index (κ3) is 3.88. The van der Waals surface area contributed by atoms with Gasteiger partial charge in [0.15, 0.2) is 0 Å². The van der Waals surface area contributed by atoms with Crippen LogP contribution in [0.2, 0.25) is 0 Å². The monoisotopic (exact) mass is 376 g/mol. The highest BCUT2D eigenvalue weighted by atomic mass is 32.2. The summed E-state index contributed by atoms with van der Waals surface area (Å²) < 4.78 is 38.2. The maximum absolute atomic E-state index is 12.9. The van der Waals surface area contributed by atoms with Gasteiger partial charge in [-0.15, -0.1) is 0 Å². The van der Waals surface area contributed by atoms with Crippen LogP contribution in [0.1, 0.15) is 28.4 Å². The molecule has 0 saturated carbocycles. The summed E-state index contributed by atoms with van der Waals surface area (Å²) in [6, 6.07) is 11.1. The number of hydrogen-bond acceptors (Lipinski definition) is 3. The first-order valence-electron chi connectivity index (χ1n) is 8.40. The first-order chi connectivity index (χ1) is 12.3. The Bertz CT molecular complexity index is 926. The average Bonchev–Trinajstić information content (AvgIpc) is 2.91. The number of nitrogens with one attached hydrogen (secondary N) is 1. The van der Waals surface area contributed by atoms with Crippen molar-refractivity contribution in [2.24, 2.45) is 0 Å². The van der Waals surface area contributed by atoms with Crippen molar-refractivity contribution < 1.29 is 17.6 Å². The first-order valence-corrected chi connectivity index (χ1v) is 10.3. The second-order valence-electron chi connectivity index (χ2n) is 6.59. The molecular weight excluding hydrogens is 355 g/mol. The van der Waals surface area contributed by atoms with Crippen molar-refractivity contribution in [3.8, 4) is 0 Å². The number of rotatable bonds is 5. The lowest BCUT2D eigenvalue weighted by Gasteiger charge is -2.21. The predicted molar refractivity (Wildman–Crippen MR) is 99.4 cm³/mol. The van der Waals surface area contributed by atoms with Crippen LogP contribution in [0.3, 0.4) is 0 Å². The van der Waals surface area contributed by atoms with Gasteiger partial charge in [-0.1, -0.05) is 12.1 Å². The molecule has 5 nitrogen and oxygen atoms in total. The Morgan fingerprint density at radius 2 is 1.92 bits per heavy atom. The van der Waals surface area contributed by atoms with Crippen LogP contribution in [0.4, 0.5) is 10.1 Å². The van der Waals surface area contributed by atoms with Gasteiger partial charge in [0.25, 0.3) is 5.91 Å². The molecule has 1 amide bonds. The lowest BCUT2D eigenvalue weighted by atomic mass is 10.1. The molecule has 1 aliphatic rings. The largest absolute Gasteiger partial charge is 0.352 e. The van der Waals surface area contributed by atoms with Crippen LogP contribution in [-0.4, -0.2) is 33.2 Å². The van der Waals surface area contributed by atoms with Crippen molar-refractivity contribution in [1.29, 1.82) is 0 Å². The van der Waals surface area contributed by atoms with Crippen LogP contribution in [-0.2, 0) is 22.9 Å². The summed E-state index contributed by atoms with van der Waals surface area (Å²) in [6.07, 6.45) is 2.38. The number of anilines is 1. The van der Waals surface area contributed by atoms with Crippen LogP contribution < -0.4 is 9.62 Å². The number of fused-ring (bicyclic) bond motifs is 1. The molecule has 2 aromatic rings. The number of hydrogen-bond donors (Lipinski definition) is 1. The summed E-state index contributed by atoms with van der Waals surface area (Å²) in [4.78, 5) is 12.3. The van der Waals surface area contributed by atoms with Crippen LogP contribution in [0.25, 0.3) is 0 Å². The summed E-state index contributed by atoms with van der Waals surface area (Å²) in [5.41, 5.74) is 2.95. The molecule has 0 unspecified atom stereocenters. The lowest BCUT2D eigenvalue weighted by Crippen LogP contribution is -2.34. The van der Waals surface area contributed by atoms with Crippen molar-refractivity contribution in [1.82, 2.24) is 5.32 Å². The van der Waals surface area contributed by atoms with E-state index in [0.29, 0.717) is 30.6 Å². The molecule has 7 heteroatoms. The van der Waals surface area contributed by atoms with Gasteiger partial charge in [0.1, 0.15) is 5.82 Å². The third-order valence-corrected chi connectivity index (χ3v) is 5.74. The number of halogens is 1. The van der Waals surface area contributed by atoms with Gasteiger partial charge in [-0.25, -0.2) is 12.8 Å². The van der Waals surface area contributed by atoms with Gasteiger partial charge < -0.3 is 5.32 Å². The van der Waals surface area contributed by atoms with Gasteiger partial charge >= 0.3 is 0 Å². The Hall–Kier alpha value is -2.41. The van der Waals surface area contributed by atoms with Gasteiger partial charge in [0.2, 0.25) is 10.0 Å². The lowest BCUT2D eigenvalue weighted by molar-refractivity contribution is 0.0954. The Labute approximate surface area is 152 Å². The Balaban J connectivity index is 1.66. The molecule has 0 radical (unpaired) electrons. The summed E-state index contributed by atoms with van der Waals surface area (Å²) in [6.45, 7) is 2.29. The maximum Gasteiger partial charge on any atom is 0.251 e. The topological polar surface area (TPSA) is 66.5 Å². The highest BCUT2D eigenvalue weighted by Gasteiger charge is 2.32. The van der Waals surface area contributed by atoms with Crippen molar-refractivity contribution in [3.63, 3.8) is 0 Å². The highest BCUT2D eigenvalue weighted by Crippen LogP contribution is 2.34. The van der Waals surface area contributed by atoms with Gasteiger partial charge in [-0.05, 0) is 61.2 Å². The van der Waals surface area contributed by atoms with Crippen molar-refractivity contribution in [2.75, 3.05) is 17.1 Å². The van der Waals surface area contributed by atoms with Crippen molar-refractivity contribution >= 4 is 21.6 Å². The number of benzene rings is 2. The zero-order chi connectivity index (χ0) is 18.9. The van der Waals surface area contributed by atoms with Crippen molar-refractivity contribution in [2.45, 2.75) is 25.8 Å². The standard InChI is InChI=1S/C19H21FN2O3S/c1-13-11-16-12-15(5-8-18(16)22(13)26(2,24)25)19(23)21-10-9-14-3-6-17(20)7-4-14/h3-8,12-13H,9-11H2,1-2H3,(H,21,23)/t13-/m0/s1. The molecule has 0 aromatic heterocycles. The summed E-state index contributed by atoms with van der Waals surface area (Å²) in [5.74, 6) is -0.492. The summed E-state index contributed by atoms with van der Waals surface area (Å²) in [5, 5.41) is 2.84. The summed E-state index contributed by atoms with van der Waals surface area (Å²) >= 11 is 0. The molecule has 0 fully saturated rings. The minimum atomic E-state index is -3.34. The van der Waals surface area contributed by atoms with Crippen LogP contribution in [0.15, 0.2) is 42.5 Å². The van der Waals surface area contributed by atoms with Gasteiger partial charge in [-0.2, -0.15) is 0 Å². The minimum absolute atomic E-state index is 0.156. The number of nitrogens with zero attached hydrogens (tertiary/aromatic N) is 1. The fraction of sp³-hybridized carbons (Fsp3) is 0.316. The zero-order valence-corrected chi connectivity index (χ0v) is 15.5. The fourth-order valence-electron chi connectivity index (χ4n) is 3.32. The third-order valence-electron chi connectivity index (χ3n) is 4.46. The molecule has 26 heavy (non-hydrogen) atoms. The van der Waals surface area contributed by atoms with E-state index in [1.54, 1.807) is 30.3 Å². The minimum Gasteiger partial charge on any atom is -0.352 e. The molecule has 0 aliphatic carbocycles. The van der Waals surface area contributed by atoms with Gasteiger partial charge in [-0.3, -0.25) is 9.10 Å². The molecule has 0 saturated heterocycles. The molecule has 0 spiro atoms. The molecule has 2 aromatic carbocycles. The number of carbonyl (C=O) groups excluding carboxylic acids is 1. The van der Waals surface area contributed by atoms with Gasteiger partial charge in [0.05, 0.1) is 11.9 Å². The number of amides is 1. The molecule has 0 bridgehead atoms. The zero-order valence-electron chi connectivity index (χ0n) is 14.7. The van der Waals surface area contributed by atoms with Crippen LogP contribution in [0.5, 0.6) is 0 Å². The van der Waals surface area contributed by atoms with E-state index in [9.17, 15) is 17.6 Å². The molecule has 1 heterocycles. The van der Waals surface area contributed by atoms with E-state index >= 15 is 0 Å². The molecular formula is C19H21FN2O3S. The van der Waals surface area contributed by atoms with Crippen LogP contribution >= 0.6 is 0 Å². The van der Waals surface area contributed by atoms with E-state index in [1.807, 2.05) is 6.92 Å². The molecule has 1 atom stereocenters. The van der Waals surface area contributed by atoms with Crippen LogP contribution in [0, 0.1) is 5.82 Å². The first kappa shape index (κ1) is 18.4. The van der Waals surface area contributed by atoms with E-state index in [-0.39, 0.29) is 17.8 Å². The quantitative estimate of drug-likeness (QED) is 0.872. The SMILES string of the molecule is C[C@H]1Cc2cc(C(=O)NCCc3ccc(F)cc3)ccc2N1S(C)(=O)=O. The number of sulfonamides is 1. The van der Waals surface area contributed by atoms with Crippen molar-refractivity contribution in [3.05, 3.63) is 65.0 Å². The molecule has 3 rings (SSSR count).